The summed E-state index contributed by atoms with van der Waals surface area (Å²) in [5.74, 6) is 0.484. The Bertz CT molecular complexity index is 639. The van der Waals surface area contributed by atoms with Crippen LogP contribution in [0.3, 0.4) is 0 Å². The van der Waals surface area contributed by atoms with Gasteiger partial charge in [-0.3, -0.25) is 4.79 Å². The van der Waals surface area contributed by atoms with Crippen molar-refractivity contribution in [3.63, 3.8) is 0 Å². The molecule has 3 nitrogen and oxygen atoms in total. The van der Waals surface area contributed by atoms with E-state index in [0.29, 0.717) is 12.3 Å². The van der Waals surface area contributed by atoms with Crippen LogP contribution in [-0.4, -0.2) is 37.6 Å². The third-order valence-corrected chi connectivity index (χ3v) is 8.47. The number of allylic oxidation sites excluding steroid dienone is 6. The van der Waals surface area contributed by atoms with Gasteiger partial charge in [0.25, 0.3) is 0 Å². The molecule has 0 aromatic rings. The van der Waals surface area contributed by atoms with Crippen molar-refractivity contribution >= 4 is 5.97 Å². The molecule has 0 N–H and O–H groups in total. The summed E-state index contributed by atoms with van der Waals surface area (Å²) in [6.45, 7) is 7.84. The van der Waals surface area contributed by atoms with Crippen LogP contribution in [0.5, 0.6) is 0 Å². The number of nitrogens with zero attached hydrogens (tertiary/aromatic N) is 1. The SMILES string of the molecule is CCCCC/C=C\CCCC(CCC/C=C\CCCCC)C(CCC/C=C\CCCCCC)OC(=O)CCCCN(C)C. The zero-order valence-electron chi connectivity index (χ0n) is 29.8. The quantitative estimate of drug-likeness (QED) is 0.0436. The highest BCUT2D eigenvalue weighted by Gasteiger charge is 2.24. The first-order valence-electron chi connectivity index (χ1n) is 18.8. The van der Waals surface area contributed by atoms with Gasteiger partial charge in [-0.05, 0) is 136 Å². The van der Waals surface area contributed by atoms with Crippen LogP contribution >= 0.6 is 0 Å². The van der Waals surface area contributed by atoms with Gasteiger partial charge in [-0.2, -0.15) is 0 Å². The molecule has 252 valence electrons. The minimum atomic E-state index is 0.0202. The van der Waals surface area contributed by atoms with E-state index in [1.165, 1.54) is 96.3 Å². The van der Waals surface area contributed by atoms with Crippen molar-refractivity contribution in [3.8, 4) is 0 Å². The minimum absolute atomic E-state index is 0.0202. The van der Waals surface area contributed by atoms with Gasteiger partial charge < -0.3 is 9.64 Å². The molecule has 0 aliphatic heterocycles. The van der Waals surface area contributed by atoms with Crippen molar-refractivity contribution in [1.82, 2.24) is 4.90 Å². The molecule has 0 saturated carbocycles. The number of esters is 1. The highest BCUT2D eigenvalue weighted by molar-refractivity contribution is 5.69. The fourth-order valence-electron chi connectivity index (χ4n) is 5.69. The van der Waals surface area contributed by atoms with Crippen LogP contribution in [0.1, 0.15) is 181 Å². The molecule has 0 aromatic carbocycles. The number of carbonyl (C=O) groups excluding carboxylic acids is 1. The molecule has 43 heavy (non-hydrogen) atoms. The number of ether oxygens (including phenoxy) is 1. The maximum absolute atomic E-state index is 13.0. The van der Waals surface area contributed by atoms with Crippen LogP contribution in [0, 0.1) is 5.92 Å². The van der Waals surface area contributed by atoms with Gasteiger partial charge in [0.05, 0.1) is 0 Å². The van der Waals surface area contributed by atoms with Gasteiger partial charge in [0.2, 0.25) is 0 Å². The average molecular weight is 602 g/mol. The highest BCUT2D eigenvalue weighted by atomic mass is 16.5. The normalized spacial score (nSPS) is 13.0. The molecule has 0 fully saturated rings. The lowest BCUT2D eigenvalue weighted by Crippen LogP contribution is -2.27. The Hall–Kier alpha value is -1.35. The molecule has 0 saturated heterocycles. The summed E-state index contributed by atoms with van der Waals surface area (Å²) in [6.07, 6.45) is 43.8. The monoisotopic (exact) mass is 602 g/mol. The second kappa shape index (κ2) is 33.5. The van der Waals surface area contributed by atoms with E-state index in [1.54, 1.807) is 0 Å². The van der Waals surface area contributed by atoms with Crippen molar-refractivity contribution in [2.24, 2.45) is 5.92 Å². The third-order valence-electron chi connectivity index (χ3n) is 8.47. The Morgan fingerprint density at radius 1 is 0.535 bits per heavy atom. The Morgan fingerprint density at radius 2 is 0.953 bits per heavy atom. The van der Waals surface area contributed by atoms with Gasteiger partial charge in [0.15, 0.2) is 0 Å². The maximum atomic E-state index is 13.0. The van der Waals surface area contributed by atoms with Crippen molar-refractivity contribution in [1.29, 1.82) is 0 Å². The molecule has 0 radical (unpaired) electrons. The molecule has 0 amide bonds. The van der Waals surface area contributed by atoms with Crippen molar-refractivity contribution < 1.29 is 9.53 Å². The van der Waals surface area contributed by atoms with E-state index in [2.05, 4.69) is 76.2 Å². The lowest BCUT2D eigenvalue weighted by molar-refractivity contribution is -0.153. The van der Waals surface area contributed by atoms with Crippen LogP contribution in [-0.2, 0) is 9.53 Å². The molecule has 0 aromatic heterocycles. The van der Waals surface area contributed by atoms with Gasteiger partial charge in [-0.25, -0.2) is 0 Å². The summed E-state index contributed by atoms with van der Waals surface area (Å²) >= 11 is 0. The van der Waals surface area contributed by atoms with Crippen LogP contribution in [0.25, 0.3) is 0 Å². The standard InChI is InChI=1S/C40H75NO2/c1-6-9-12-15-18-21-24-27-30-35-39(43-40(42)36-31-32-37-41(4)5)38(33-28-25-22-19-16-13-10-7-2)34-29-26-23-20-17-14-11-8-3/h19-24,38-39H,6-18,25-37H2,1-5H3/b22-19-,23-20-,24-21-. The lowest BCUT2D eigenvalue weighted by Gasteiger charge is -2.27. The van der Waals surface area contributed by atoms with E-state index in [4.69, 9.17) is 4.74 Å². The Balaban J connectivity index is 5.13. The first kappa shape index (κ1) is 41.7. The molecule has 0 bridgehead atoms. The highest BCUT2D eigenvalue weighted by Crippen LogP contribution is 2.27. The van der Waals surface area contributed by atoms with Gasteiger partial charge >= 0.3 is 5.97 Å². The molecule has 0 spiro atoms. The van der Waals surface area contributed by atoms with Crippen LogP contribution < -0.4 is 0 Å². The Morgan fingerprint density at radius 3 is 1.42 bits per heavy atom. The second-order valence-corrected chi connectivity index (χ2v) is 13.1. The van der Waals surface area contributed by atoms with Crippen LogP contribution in [0.2, 0.25) is 0 Å². The number of hydrogen-bond acceptors (Lipinski definition) is 3. The summed E-state index contributed by atoms with van der Waals surface area (Å²) in [6, 6.07) is 0. The fourth-order valence-corrected chi connectivity index (χ4v) is 5.69. The largest absolute Gasteiger partial charge is 0.462 e. The average Bonchev–Trinajstić information content (AvgIpc) is 2.99. The minimum Gasteiger partial charge on any atom is -0.462 e. The predicted molar refractivity (Wildman–Crippen MR) is 192 cm³/mol. The molecule has 0 aliphatic carbocycles. The van der Waals surface area contributed by atoms with E-state index in [-0.39, 0.29) is 12.1 Å². The van der Waals surface area contributed by atoms with E-state index >= 15 is 0 Å². The zero-order chi connectivity index (χ0) is 31.6. The smallest absolute Gasteiger partial charge is 0.306 e. The summed E-state index contributed by atoms with van der Waals surface area (Å²) < 4.78 is 6.32. The number of hydrogen-bond donors (Lipinski definition) is 0. The summed E-state index contributed by atoms with van der Waals surface area (Å²) in [5, 5.41) is 0. The first-order chi connectivity index (χ1) is 21.0. The lowest BCUT2D eigenvalue weighted by atomic mass is 9.87. The summed E-state index contributed by atoms with van der Waals surface area (Å²) in [4.78, 5) is 15.2. The molecule has 0 heterocycles. The molecule has 0 aliphatic rings. The van der Waals surface area contributed by atoms with Gasteiger partial charge in [-0.1, -0.05) is 102 Å². The molecular weight excluding hydrogens is 526 g/mol. The molecular formula is C40H75NO2. The van der Waals surface area contributed by atoms with Crippen molar-refractivity contribution in [2.75, 3.05) is 20.6 Å². The molecule has 1 atom stereocenters. The van der Waals surface area contributed by atoms with Crippen LogP contribution in [0.15, 0.2) is 36.5 Å². The van der Waals surface area contributed by atoms with Gasteiger partial charge in [-0.15, -0.1) is 0 Å². The van der Waals surface area contributed by atoms with Crippen molar-refractivity contribution in [3.05, 3.63) is 36.5 Å². The van der Waals surface area contributed by atoms with Crippen molar-refractivity contribution in [2.45, 2.75) is 187 Å². The van der Waals surface area contributed by atoms with Gasteiger partial charge in [0.1, 0.15) is 6.10 Å². The van der Waals surface area contributed by atoms with Gasteiger partial charge in [0, 0.05) is 6.42 Å². The predicted octanol–water partition coefficient (Wildman–Crippen LogP) is 12.6. The Kier molecular flexibility index (Phi) is 32.5. The molecule has 0 rings (SSSR count). The number of rotatable bonds is 32. The third kappa shape index (κ3) is 30.5. The summed E-state index contributed by atoms with van der Waals surface area (Å²) in [5.41, 5.74) is 0. The van der Waals surface area contributed by atoms with E-state index in [0.717, 1.165) is 64.3 Å². The first-order valence-corrected chi connectivity index (χ1v) is 18.8. The maximum Gasteiger partial charge on any atom is 0.306 e. The fraction of sp³-hybridized carbons (Fsp3) is 0.825. The topological polar surface area (TPSA) is 29.5 Å². The van der Waals surface area contributed by atoms with E-state index in [9.17, 15) is 4.79 Å². The number of carbonyl (C=O) groups is 1. The van der Waals surface area contributed by atoms with E-state index < -0.39 is 0 Å². The number of unbranched alkanes of at least 4 members (excludes halogenated alkanes) is 14. The zero-order valence-corrected chi connectivity index (χ0v) is 29.8. The van der Waals surface area contributed by atoms with E-state index in [1.807, 2.05) is 0 Å². The Labute approximate surface area is 270 Å². The van der Waals surface area contributed by atoms with Crippen LogP contribution in [0.4, 0.5) is 0 Å². The molecule has 1 unspecified atom stereocenters. The summed E-state index contributed by atoms with van der Waals surface area (Å²) in [7, 11) is 4.19. The molecule has 3 heteroatoms. The second-order valence-electron chi connectivity index (χ2n) is 13.1.